The molecular weight excluding hydrogens is 204 g/mol. The van der Waals surface area contributed by atoms with Gasteiger partial charge in [0, 0.05) is 6.20 Å². The topological polar surface area (TPSA) is 60.9 Å². The normalized spacial score (nSPS) is 9.85. The molecule has 1 rings (SSSR count). The van der Waals surface area contributed by atoms with Crippen LogP contribution in [0.25, 0.3) is 0 Å². The highest BCUT2D eigenvalue weighted by atomic mass is 35.5. The lowest BCUT2D eigenvalue weighted by Gasteiger charge is -2.02. The third kappa shape index (κ3) is 2.46. The number of alkyl halides is 2. The molecule has 4 nitrogen and oxygen atoms in total. The molecule has 0 atom stereocenters. The van der Waals surface area contributed by atoms with Gasteiger partial charge in [0.25, 0.3) is 0 Å². The molecular formula is C6H8ClF2N3O. The minimum Gasteiger partial charge on any atom is -0.324 e. The van der Waals surface area contributed by atoms with Gasteiger partial charge in [0.1, 0.15) is 5.69 Å². The predicted molar refractivity (Wildman–Crippen MR) is 44.1 cm³/mol. The Hall–Kier alpha value is -1.01. The number of hydrogen-bond donors (Lipinski definition) is 1. The number of Topliss-reactive ketones (excluding diaryl/α,β-unsaturated/α-hetero) is 1. The maximum Gasteiger partial charge on any atom is 0.333 e. The van der Waals surface area contributed by atoms with Crippen molar-refractivity contribution in [3.63, 3.8) is 0 Å². The van der Waals surface area contributed by atoms with E-state index in [1.54, 1.807) is 0 Å². The monoisotopic (exact) mass is 211 g/mol. The van der Waals surface area contributed by atoms with Crippen LogP contribution in [0.4, 0.5) is 8.78 Å². The highest BCUT2D eigenvalue weighted by molar-refractivity contribution is 5.95. The van der Waals surface area contributed by atoms with Crippen LogP contribution in [0.1, 0.15) is 17.0 Å². The van der Waals surface area contributed by atoms with E-state index in [1.165, 1.54) is 6.07 Å². The average Bonchev–Trinajstić information content (AvgIpc) is 2.50. The second-order valence-corrected chi connectivity index (χ2v) is 2.07. The molecule has 0 spiro atoms. The van der Waals surface area contributed by atoms with Gasteiger partial charge in [-0.3, -0.25) is 4.79 Å². The molecule has 0 aliphatic heterocycles. The van der Waals surface area contributed by atoms with Gasteiger partial charge in [0.15, 0.2) is 5.78 Å². The summed E-state index contributed by atoms with van der Waals surface area (Å²) >= 11 is 0. The van der Waals surface area contributed by atoms with Crippen LogP contribution in [0.5, 0.6) is 0 Å². The first-order valence-electron chi connectivity index (χ1n) is 3.21. The summed E-state index contributed by atoms with van der Waals surface area (Å²) < 4.78 is 24.5. The molecule has 0 fully saturated rings. The van der Waals surface area contributed by atoms with E-state index in [1.807, 2.05) is 0 Å². The molecule has 2 N–H and O–H groups in total. The van der Waals surface area contributed by atoms with Crippen molar-refractivity contribution in [2.45, 2.75) is 6.55 Å². The molecule has 74 valence electrons. The van der Waals surface area contributed by atoms with Crippen molar-refractivity contribution in [3.05, 3.63) is 18.0 Å². The summed E-state index contributed by atoms with van der Waals surface area (Å²) in [6.07, 6.45) is 1.13. The van der Waals surface area contributed by atoms with Gasteiger partial charge >= 0.3 is 6.55 Å². The Bertz CT molecular complexity index is 289. The number of halogens is 3. The quantitative estimate of drug-likeness (QED) is 0.754. The Labute approximate surface area is 79.1 Å². The van der Waals surface area contributed by atoms with Gasteiger partial charge < -0.3 is 5.73 Å². The van der Waals surface area contributed by atoms with Gasteiger partial charge in [0.05, 0.1) is 6.54 Å². The van der Waals surface area contributed by atoms with E-state index in [0.717, 1.165) is 6.20 Å². The lowest BCUT2D eigenvalue weighted by molar-refractivity contribution is 0.0517. The molecule has 0 bridgehead atoms. The third-order valence-electron chi connectivity index (χ3n) is 1.33. The summed E-state index contributed by atoms with van der Waals surface area (Å²) in [6.45, 7) is -3.09. The van der Waals surface area contributed by atoms with Crippen LogP contribution in [0.15, 0.2) is 12.3 Å². The maximum absolute atomic E-state index is 12.1. The maximum atomic E-state index is 12.1. The minimum absolute atomic E-state index is 0. The van der Waals surface area contributed by atoms with Crippen molar-refractivity contribution in [1.82, 2.24) is 9.78 Å². The van der Waals surface area contributed by atoms with Crippen LogP contribution in [-0.2, 0) is 0 Å². The first-order valence-corrected chi connectivity index (χ1v) is 3.21. The molecule has 13 heavy (non-hydrogen) atoms. The number of carbonyl (C=O) groups excluding carboxylic acids is 1. The lowest BCUT2D eigenvalue weighted by atomic mass is 10.3. The van der Waals surface area contributed by atoms with E-state index in [4.69, 9.17) is 5.73 Å². The zero-order chi connectivity index (χ0) is 9.14. The molecule has 0 aliphatic rings. The molecule has 0 saturated heterocycles. The standard InChI is InChI=1S/C6H7F2N3O.ClH/c7-6(8)11-4(1-2-10-11)5(12)3-9;/h1-2,6H,3,9H2;1H. The van der Waals surface area contributed by atoms with E-state index in [-0.39, 0.29) is 24.6 Å². The SMILES string of the molecule is Cl.NCC(=O)c1ccnn1C(F)F. The highest BCUT2D eigenvalue weighted by Gasteiger charge is 2.15. The number of aromatic nitrogens is 2. The third-order valence-corrected chi connectivity index (χ3v) is 1.33. The van der Waals surface area contributed by atoms with Crippen LogP contribution in [0, 0.1) is 0 Å². The Morgan fingerprint density at radius 1 is 1.69 bits per heavy atom. The van der Waals surface area contributed by atoms with Crippen LogP contribution in [0.3, 0.4) is 0 Å². The summed E-state index contributed by atoms with van der Waals surface area (Å²) in [5.74, 6) is -0.548. The molecule has 0 radical (unpaired) electrons. The molecule has 7 heteroatoms. The van der Waals surface area contributed by atoms with Crippen molar-refractivity contribution in [3.8, 4) is 0 Å². The number of carbonyl (C=O) groups is 1. The smallest absolute Gasteiger partial charge is 0.324 e. The fourth-order valence-electron chi connectivity index (χ4n) is 0.795. The fraction of sp³-hybridized carbons (Fsp3) is 0.333. The number of rotatable bonds is 3. The predicted octanol–water partition coefficient (Wildman–Crippen LogP) is 0.841. The van der Waals surface area contributed by atoms with Gasteiger partial charge in [-0.1, -0.05) is 0 Å². The molecule has 0 amide bonds. The molecule has 1 aromatic rings. The average molecular weight is 212 g/mol. The summed E-state index contributed by atoms with van der Waals surface area (Å²) in [5.41, 5.74) is 4.84. The van der Waals surface area contributed by atoms with E-state index < -0.39 is 12.3 Å². The largest absolute Gasteiger partial charge is 0.333 e. The van der Waals surface area contributed by atoms with Crippen molar-refractivity contribution in [2.24, 2.45) is 5.73 Å². The highest BCUT2D eigenvalue weighted by Crippen LogP contribution is 2.11. The first-order chi connectivity index (χ1) is 5.66. The molecule has 1 aromatic heterocycles. The van der Waals surface area contributed by atoms with Crippen molar-refractivity contribution in [1.29, 1.82) is 0 Å². The van der Waals surface area contributed by atoms with Crippen LogP contribution in [0.2, 0.25) is 0 Å². The number of nitrogens with two attached hydrogens (primary N) is 1. The second kappa shape index (κ2) is 4.88. The van der Waals surface area contributed by atoms with Gasteiger partial charge in [-0.15, -0.1) is 12.4 Å². The Morgan fingerprint density at radius 3 is 2.77 bits per heavy atom. The number of nitrogens with zero attached hydrogens (tertiary/aromatic N) is 2. The van der Waals surface area contributed by atoms with E-state index in [2.05, 4.69) is 5.10 Å². The Balaban J connectivity index is 0.00000144. The minimum atomic E-state index is -2.80. The first kappa shape index (κ1) is 12.0. The van der Waals surface area contributed by atoms with Crippen LogP contribution < -0.4 is 5.73 Å². The zero-order valence-corrected chi connectivity index (χ0v) is 7.30. The van der Waals surface area contributed by atoms with Gasteiger partial charge in [-0.25, -0.2) is 4.68 Å². The molecule has 0 aliphatic carbocycles. The summed E-state index contributed by atoms with van der Waals surface area (Å²) in [4.78, 5) is 10.9. The van der Waals surface area contributed by atoms with Gasteiger partial charge in [-0.2, -0.15) is 13.9 Å². The van der Waals surface area contributed by atoms with Gasteiger partial charge in [0.2, 0.25) is 0 Å². The van der Waals surface area contributed by atoms with E-state index in [9.17, 15) is 13.6 Å². The van der Waals surface area contributed by atoms with Crippen molar-refractivity contribution >= 4 is 18.2 Å². The van der Waals surface area contributed by atoms with Gasteiger partial charge in [-0.05, 0) is 6.07 Å². The van der Waals surface area contributed by atoms with Crippen LogP contribution >= 0.6 is 12.4 Å². The second-order valence-electron chi connectivity index (χ2n) is 2.07. The number of hydrogen-bond acceptors (Lipinski definition) is 3. The zero-order valence-electron chi connectivity index (χ0n) is 6.48. The summed E-state index contributed by atoms with van der Waals surface area (Å²) in [7, 11) is 0. The molecule has 0 unspecified atom stereocenters. The molecule has 0 aromatic carbocycles. The number of ketones is 1. The Morgan fingerprint density at radius 2 is 2.31 bits per heavy atom. The molecule has 0 saturated carbocycles. The summed E-state index contributed by atoms with van der Waals surface area (Å²) in [6, 6.07) is 1.21. The van der Waals surface area contributed by atoms with E-state index >= 15 is 0 Å². The fourth-order valence-corrected chi connectivity index (χ4v) is 0.795. The van der Waals surface area contributed by atoms with Crippen LogP contribution in [-0.4, -0.2) is 22.1 Å². The van der Waals surface area contributed by atoms with Crippen molar-refractivity contribution < 1.29 is 13.6 Å². The molecule has 1 heterocycles. The lowest BCUT2D eigenvalue weighted by Crippen LogP contribution is -2.18. The van der Waals surface area contributed by atoms with E-state index in [0.29, 0.717) is 4.68 Å². The van der Waals surface area contributed by atoms with Crippen molar-refractivity contribution in [2.75, 3.05) is 6.54 Å². The summed E-state index contributed by atoms with van der Waals surface area (Å²) in [5, 5.41) is 3.28. The Kier molecular flexibility index (Phi) is 4.50.